The first-order chi connectivity index (χ1) is 10.1. The number of hydrogen-bond acceptors (Lipinski definition) is 4. The Kier molecular flexibility index (Phi) is 3.89. The van der Waals surface area contributed by atoms with Crippen LogP contribution in [0.5, 0.6) is 0 Å². The van der Waals surface area contributed by atoms with Crippen LogP contribution < -0.4 is 4.90 Å². The van der Waals surface area contributed by atoms with Crippen molar-refractivity contribution in [2.45, 2.75) is 51.2 Å². The molecule has 21 heavy (non-hydrogen) atoms. The summed E-state index contributed by atoms with van der Waals surface area (Å²) in [5.41, 5.74) is 3.01. The van der Waals surface area contributed by atoms with E-state index in [-0.39, 0.29) is 5.60 Å². The molecule has 2 aliphatic heterocycles. The Balaban J connectivity index is 1.82. The molecule has 1 saturated heterocycles. The average molecular weight is 288 g/mol. The normalized spacial score (nSPS) is 26.7. The molecule has 0 saturated carbocycles. The van der Waals surface area contributed by atoms with E-state index in [9.17, 15) is 5.21 Å². The predicted octanol–water partition coefficient (Wildman–Crippen LogP) is 3.42. The molecule has 4 heteroatoms. The van der Waals surface area contributed by atoms with Gasteiger partial charge in [0.25, 0.3) is 0 Å². The highest BCUT2D eigenvalue weighted by molar-refractivity contribution is 6.05. The lowest BCUT2D eigenvalue weighted by atomic mass is 10.0. The summed E-state index contributed by atoms with van der Waals surface area (Å²) in [6, 6.07) is 8.21. The summed E-state index contributed by atoms with van der Waals surface area (Å²) in [5.74, 6) is 0. The van der Waals surface area contributed by atoms with Crippen molar-refractivity contribution in [3.05, 3.63) is 29.8 Å². The summed E-state index contributed by atoms with van der Waals surface area (Å²) in [6.07, 6.45) is 4.36. The molecule has 0 aromatic heterocycles. The number of ether oxygens (including phenoxy) is 1. The number of oxime groups is 1. The average Bonchev–Trinajstić information content (AvgIpc) is 2.71. The fourth-order valence-corrected chi connectivity index (χ4v) is 3.43. The molecule has 0 amide bonds. The monoisotopic (exact) mass is 288 g/mol. The van der Waals surface area contributed by atoms with E-state index in [0.29, 0.717) is 6.10 Å². The Bertz CT molecular complexity index is 539. The van der Waals surface area contributed by atoms with Crippen molar-refractivity contribution < 1.29 is 9.94 Å². The minimum atomic E-state index is 0.00769. The molecule has 0 bridgehead atoms. The lowest BCUT2D eigenvalue weighted by molar-refractivity contribution is -0.0115. The van der Waals surface area contributed by atoms with Crippen LogP contribution in [0.3, 0.4) is 0 Å². The first-order valence-corrected chi connectivity index (χ1v) is 7.82. The molecule has 1 unspecified atom stereocenters. The minimum Gasteiger partial charge on any atom is -0.411 e. The molecule has 114 valence electrons. The smallest absolute Gasteiger partial charge is 0.0889 e. The maximum atomic E-state index is 9.25. The van der Waals surface area contributed by atoms with Crippen molar-refractivity contribution >= 4 is 11.4 Å². The summed E-state index contributed by atoms with van der Waals surface area (Å²) in [4.78, 5) is 2.39. The van der Waals surface area contributed by atoms with Gasteiger partial charge in [-0.3, -0.25) is 0 Å². The molecule has 1 atom stereocenters. The third-order valence-corrected chi connectivity index (χ3v) is 4.50. The summed E-state index contributed by atoms with van der Waals surface area (Å²) in [7, 11) is 0. The SMILES string of the molecule is CC1(C)CCC(CN2CCC/C(=N/O)c3ccccc32)O1. The van der Waals surface area contributed by atoms with Gasteiger partial charge >= 0.3 is 0 Å². The molecule has 4 nitrogen and oxygen atoms in total. The van der Waals surface area contributed by atoms with Gasteiger partial charge in [-0.15, -0.1) is 0 Å². The van der Waals surface area contributed by atoms with Crippen LogP contribution in [-0.4, -0.2) is 35.7 Å². The van der Waals surface area contributed by atoms with E-state index < -0.39 is 0 Å². The van der Waals surface area contributed by atoms with E-state index in [1.165, 1.54) is 0 Å². The van der Waals surface area contributed by atoms with E-state index in [0.717, 1.165) is 55.7 Å². The molecule has 0 aliphatic carbocycles. The van der Waals surface area contributed by atoms with Crippen molar-refractivity contribution in [2.24, 2.45) is 5.16 Å². The summed E-state index contributed by atoms with van der Waals surface area (Å²) in [5, 5.41) is 12.7. The second-order valence-electron chi connectivity index (χ2n) is 6.65. The van der Waals surface area contributed by atoms with Crippen LogP contribution in [0.15, 0.2) is 29.4 Å². The van der Waals surface area contributed by atoms with Gasteiger partial charge in [-0.05, 0) is 45.6 Å². The van der Waals surface area contributed by atoms with Gasteiger partial charge in [0.1, 0.15) is 0 Å². The van der Waals surface area contributed by atoms with Crippen LogP contribution in [0.1, 0.15) is 45.1 Å². The number of hydrogen-bond donors (Lipinski definition) is 1. The number of rotatable bonds is 2. The topological polar surface area (TPSA) is 45.1 Å². The first-order valence-electron chi connectivity index (χ1n) is 7.82. The van der Waals surface area contributed by atoms with Crippen molar-refractivity contribution in [1.82, 2.24) is 0 Å². The molecule has 0 spiro atoms. The van der Waals surface area contributed by atoms with Gasteiger partial charge in [-0.2, -0.15) is 0 Å². The maximum absolute atomic E-state index is 9.25. The Morgan fingerprint density at radius 3 is 2.90 bits per heavy atom. The van der Waals surface area contributed by atoms with Gasteiger partial charge in [0, 0.05) is 24.3 Å². The molecule has 1 aromatic rings. The number of fused-ring (bicyclic) bond motifs is 1. The van der Waals surface area contributed by atoms with Gasteiger partial charge in [0.2, 0.25) is 0 Å². The molecular weight excluding hydrogens is 264 g/mol. The van der Waals surface area contributed by atoms with Crippen molar-refractivity contribution in [2.75, 3.05) is 18.0 Å². The van der Waals surface area contributed by atoms with Crippen LogP contribution in [0.2, 0.25) is 0 Å². The zero-order valence-electron chi connectivity index (χ0n) is 12.9. The van der Waals surface area contributed by atoms with Crippen molar-refractivity contribution in [3.8, 4) is 0 Å². The Morgan fingerprint density at radius 2 is 2.19 bits per heavy atom. The van der Waals surface area contributed by atoms with Gasteiger partial charge < -0.3 is 14.8 Å². The summed E-state index contributed by atoms with van der Waals surface area (Å²) >= 11 is 0. The lowest BCUT2D eigenvalue weighted by Gasteiger charge is -2.28. The minimum absolute atomic E-state index is 0.00769. The number of para-hydroxylation sites is 1. The van der Waals surface area contributed by atoms with E-state index in [1.807, 2.05) is 18.2 Å². The number of benzene rings is 1. The highest BCUT2D eigenvalue weighted by Crippen LogP contribution is 2.32. The van der Waals surface area contributed by atoms with E-state index >= 15 is 0 Å². The Hall–Kier alpha value is -1.55. The highest BCUT2D eigenvalue weighted by atomic mass is 16.5. The van der Waals surface area contributed by atoms with Crippen molar-refractivity contribution in [3.63, 3.8) is 0 Å². The maximum Gasteiger partial charge on any atom is 0.0889 e. The van der Waals surface area contributed by atoms with Crippen LogP contribution in [0, 0.1) is 0 Å². The van der Waals surface area contributed by atoms with Gasteiger partial charge in [-0.1, -0.05) is 23.4 Å². The third-order valence-electron chi connectivity index (χ3n) is 4.50. The standard InChI is InChI=1S/C17H24N2O2/c1-17(2)10-9-13(21-17)12-19-11-5-7-15(18-20)14-6-3-4-8-16(14)19/h3-4,6,8,13,20H,5,7,9-12H2,1-2H3/b18-15-. The van der Waals surface area contributed by atoms with Crippen LogP contribution in [0.25, 0.3) is 0 Å². The number of anilines is 1. The second-order valence-corrected chi connectivity index (χ2v) is 6.65. The third kappa shape index (κ3) is 3.05. The quantitative estimate of drug-likeness (QED) is 0.670. The number of nitrogens with zero attached hydrogens (tertiary/aromatic N) is 2. The molecular formula is C17H24N2O2. The van der Waals surface area contributed by atoms with E-state index in [2.05, 4.69) is 30.0 Å². The molecule has 2 heterocycles. The van der Waals surface area contributed by atoms with Gasteiger partial charge in [0.05, 0.1) is 17.4 Å². The molecule has 1 N–H and O–H groups in total. The molecule has 1 fully saturated rings. The van der Waals surface area contributed by atoms with Crippen LogP contribution >= 0.6 is 0 Å². The summed E-state index contributed by atoms with van der Waals surface area (Å²) in [6.45, 7) is 6.23. The predicted molar refractivity (Wildman–Crippen MR) is 84.4 cm³/mol. The highest BCUT2D eigenvalue weighted by Gasteiger charge is 2.33. The molecule has 1 aromatic carbocycles. The Morgan fingerprint density at radius 1 is 1.38 bits per heavy atom. The fraction of sp³-hybridized carbons (Fsp3) is 0.588. The van der Waals surface area contributed by atoms with Crippen LogP contribution in [0.4, 0.5) is 5.69 Å². The lowest BCUT2D eigenvalue weighted by Crippen LogP contribution is -2.34. The van der Waals surface area contributed by atoms with Gasteiger partial charge in [0.15, 0.2) is 0 Å². The first kappa shape index (κ1) is 14.4. The van der Waals surface area contributed by atoms with E-state index in [1.54, 1.807) is 0 Å². The fourth-order valence-electron chi connectivity index (χ4n) is 3.43. The van der Waals surface area contributed by atoms with Gasteiger partial charge in [-0.25, -0.2) is 0 Å². The molecule has 3 rings (SSSR count). The molecule has 0 radical (unpaired) electrons. The van der Waals surface area contributed by atoms with Crippen molar-refractivity contribution in [1.29, 1.82) is 0 Å². The van der Waals surface area contributed by atoms with Crippen LogP contribution in [-0.2, 0) is 4.74 Å². The zero-order chi connectivity index (χ0) is 14.9. The Labute approximate surface area is 126 Å². The molecule has 2 aliphatic rings. The van der Waals surface area contributed by atoms with E-state index in [4.69, 9.17) is 4.74 Å². The largest absolute Gasteiger partial charge is 0.411 e. The second kappa shape index (κ2) is 5.68. The summed E-state index contributed by atoms with van der Waals surface area (Å²) < 4.78 is 6.14. The zero-order valence-corrected chi connectivity index (χ0v) is 12.9.